The number of aromatic nitrogens is 2. The summed E-state index contributed by atoms with van der Waals surface area (Å²) in [6, 6.07) is 10.6. The molecule has 25 heavy (non-hydrogen) atoms. The van der Waals surface area contributed by atoms with E-state index in [1.807, 2.05) is 11.4 Å². The third-order valence-electron chi connectivity index (χ3n) is 4.76. The number of nitrogens with zero attached hydrogens (tertiary/aromatic N) is 2. The van der Waals surface area contributed by atoms with Crippen LogP contribution in [0.15, 0.2) is 40.5 Å². The zero-order valence-corrected chi connectivity index (χ0v) is 15.2. The number of para-hydroxylation sites is 1. The van der Waals surface area contributed by atoms with Crippen molar-refractivity contribution in [3.63, 3.8) is 0 Å². The number of hydrogen-bond acceptors (Lipinski definition) is 4. The van der Waals surface area contributed by atoms with Gasteiger partial charge in [0.15, 0.2) is 5.82 Å². The fourth-order valence-electron chi connectivity index (χ4n) is 3.61. The van der Waals surface area contributed by atoms with Gasteiger partial charge in [0.05, 0.1) is 12.6 Å². The second-order valence-electron chi connectivity index (χ2n) is 6.78. The second-order valence-corrected chi connectivity index (χ2v) is 7.70. The molecule has 0 saturated carbocycles. The minimum Gasteiger partial charge on any atom is -0.371 e. The number of benzene rings is 1. The lowest BCUT2D eigenvalue weighted by Gasteiger charge is -2.22. The first-order valence-electron chi connectivity index (χ1n) is 8.81. The van der Waals surface area contributed by atoms with E-state index in [9.17, 15) is 4.79 Å². The van der Waals surface area contributed by atoms with E-state index >= 15 is 0 Å². The lowest BCUT2D eigenvalue weighted by atomic mass is 10.1. The number of aromatic amines is 1. The highest BCUT2D eigenvalue weighted by molar-refractivity contribution is 7.17. The van der Waals surface area contributed by atoms with Gasteiger partial charge in [-0.15, -0.1) is 11.3 Å². The SMILES string of the molecule is C[NH+](Cc1nc2ccsc2c(=O)[nH]1)Cc1ccccc1N1CCCC1. The molecule has 2 aromatic heterocycles. The van der Waals surface area contributed by atoms with Crippen LogP contribution in [0.3, 0.4) is 0 Å². The van der Waals surface area contributed by atoms with Crippen LogP contribution in [0.1, 0.15) is 24.2 Å². The minimum absolute atomic E-state index is 0.0275. The monoisotopic (exact) mass is 355 g/mol. The molecule has 130 valence electrons. The number of hydrogen-bond donors (Lipinski definition) is 2. The van der Waals surface area contributed by atoms with Crippen LogP contribution in [-0.4, -0.2) is 30.1 Å². The smallest absolute Gasteiger partial charge is 0.269 e. The third-order valence-corrected chi connectivity index (χ3v) is 5.67. The summed E-state index contributed by atoms with van der Waals surface area (Å²) in [6.45, 7) is 3.92. The molecule has 1 aliphatic rings. The number of H-pyrrole nitrogens is 1. The molecule has 4 rings (SSSR count). The van der Waals surface area contributed by atoms with Crippen LogP contribution < -0.4 is 15.4 Å². The van der Waals surface area contributed by atoms with Crippen LogP contribution >= 0.6 is 11.3 Å². The molecule has 3 aromatic rings. The van der Waals surface area contributed by atoms with Crippen LogP contribution in [0, 0.1) is 0 Å². The van der Waals surface area contributed by atoms with Crippen LogP contribution in [-0.2, 0) is 13.1 Å². The second kappa shape index (κ2) is 6.98. The predicted molar refractivity (Wildman–Crippen MR) is 102 cm³/mol. The van der Waals surface area contributed by atoms with Crippen LogP contribution in [0.25, 0.3) is 10.2 Å². The maximum Gasteiger partial charge on any atom is 0.269 e. The van der Waals surface area contributed by atoms with Gasteiger partial charge in [-0.25, -0.2) is 4.98 Å². The Balaban J connectivity index is 1.52. The Morgan fingerprint density at radius 3 is 2.84 bits per heavy atom. The minimum atomic E-state index is -0.0275. The standard InChI is InChI=1S/C19H22N4OS/c1-22(13-17-20-15-8-11-25-18(15)19(24)21-17)12-14-6-2-3-7-16(14)23-9-4-5-10-23/h2-3,6-8,11H,4-5,9-10,12-13H2,1H3,(H,20,21,24)/p+1. The molecule has 0 spiro atoms. The number of rotatable bonds is 5. The summed E-state index contributed by atoms with van der Waals surface area (Å²) in [5.74, 6) is 0.757. The molecule has 0 aliphatic carbocycles. The molecule has 1 fully saturated rings. The summed E-state index contributed by atoms with van der Waals surface area (Å²) in [5, 5.41) is 1.92. The van der Waals surface area contributed by atoms with Gasteiger partial charge in [-0.1, -0.05) is 18.2 Å². The van der Waals surface area contributed by atoms with Gasteiger partial charge in [-0.05, 0) is 30.4 Å². The Kier molecular flexibility index (Phi) is 4.55. The molecule has 6 heteroatoms. The highest BCUT2D eigenvalue weighted by atomic mass is 32.1. The van der Waals surface area contributed by atoms with Crippen molar-refractivity contribution in [1.29, 1.82) is 0 Å². The molecule has 0 amide bonds. The van der Waals surface area contributed by atoms with Gasteiger partial charge in [-0.3, -0.25) is 4.79 Å². The number of quaternary nitrogens is 1. The summed E-state index contributed by atoms with van der Waals surface area (Å²) >= 11 is 1.44. The molecule has 5 nitrogen and oxygen atoms in total. The number of nitrogens with one attached hydrogen (secondary N) is 2. The van der Waals surface area contributed by atoms with Crippen molar-refractivity contribution in [3.05, 3.63) is 57.5 Å². The van der Waals surface area contributed by atoms with Crippen molar-refractivity contribution < 1.29 is 4.90 Å². The molecular weight excluding hydrogens is 332 g/mol. The maximum absolute atomic E-state index is 12.1. The van der Waals surface area contributed by atoms with Crippen molar-refractivity contribution >= 4 is 27.2 Å². The predicted octanol–water partition coefficient (Wildman–Crippen LogP) is 1.80. The first kappa shape index (κ1) is 16.3. The van der Waals surface area contributed by atoms with Gasteiger partial charge in [0.25, 0.3) is 5.56 Å². The molecule has 0 radical (unpaired) electrons. The molecule has 1 aliphatic heterocycles. The molecule has 3 heterocycles. The normalized spacial score (nSPS) is 15.8. The van der Waals surface area contributed by atoms with E-state index < -0.39 is 0 Å². The van der Waals surface area contributed by atoms with E-state index in [1.165, 1.54) is 40.3 Å². The first-order valence-corrected chi connectivity index (χ1v) is 9.69. The van der Waals surface area contributed by atoms with E-state index in [0.29, 0.717) is 11.2 Å². The van der Waals surface area contributed by atoms with Crippen molar-refractivity contribution in [3.8, 4) is 0 Å². The summed E-state index contributed by atoms with van der Waals surface area (Å²) in [6.07, 6.45) is 2.56. The average molecular weight is 355 g/mol. The molecule has 1 saturated heterocycles. The van der Waals surface area contributed by atoms with E-state index in [0.717, 1.165) is 31.0 Å². The highest BCUT2D eigenvalue weighted by Crippen LogP contribution is 2.23. The molecule has 1 atom stereocenters. The van der Waals surface area contributed by atoms with Crippen molar-refractivity contribution in [1.82, 2.24) is 9.97 Å². The molecule has 1 unspecified atom stereocenters. The molecule has 1 aromatic carbocycles. The van der Waals surface area contributed by atoms with Gasteiger partial charge < -0.3 is 14.8 Å². The van der Waals surface area contributed by atoms with Crippen molar-refractivity contribution in [2.75, 3.05) is 25.0 Å². The fraction of sp³-hybridized carbons (Fsp3) is 0.368. The third kappa shape index (κ3) is 3.45. The zero-order valence-electron chi connectivity index (χ0n) is 14.4. The summed E-state index contributed by atoms with van der Waals surface area (Å²) in [7, 11) is 2.15. The van der Waals surface area contributed by atoms with Gasteiger partial charge in [0.2, 0.25) is 0 Å². The Labute approximate surface area is 150 Å². The van der Waals surface area contributed by atoms with Gasteiger partial charge in [-0.2, -0.15) is 0 Å². The molecular formula is C19H23N4OS+. The Morgan fingerprint density at radius 2 is 2.00 bits per heavy atom. The van der Waals surface area contributed by atoms with Crippen LogP contribution in [0.2, 0.25) is 0 Å². The lowest BCUT2D eigenvalue weighted by molar-refractivity contribution is -0.908. The summed E-state index contributed by atoms with van der Waals surface area (Å²) < 4.78 is 0.709. The van der Waals surface area contributed by atoms with E-state index in [4.69, 9.17) is 0 Å². The van der Waals surface area contributed by atoms with E-state index in [2.05, 4.69) is 46.2 Å². The maximum atomic E-state index is 12.1. The van der Waals surface area contributed by atoms with E-state index in [-0.39, 0.29) is 5.56 Å². The first-order chi connectivity index (χ1) is 12.2. The van der Waals surface area contributed by atoms with Gasteiger partial charge in [0.1, 0.15) is 17.8 Å². The number of fused-ring (bicyclic) bond motifs is 1. The largest absolute Gasteiger partial charge is 0.371 e. The van der Waals surface area contributed by atoms with Gasteiger partial charge in [0, 0.05) is 24.3 Å². The van der Waals surface area contributed by atoms with Crippen LogP contribution in [0.4, 0.5) is 5.69 Å². The average Bonchev–Trinajstić information content (AvgIpc) is 3.26. The lowest BCUT2D eigenvalue weighted by Crippen LogP contribution is -3.06. The van der Waals surface area contributed by atoms with Crippen molar-refractivity contribution in [2.24, 2.45) is 0 Å². The molecule has 2 N–H and O–H groups in total. The number of anilines is 1. The topological polar surface area (TPSA) is 53.4 Å². The highest BCUT2D eigenvalue weighted by Gasteiger charge is 2.18. The molecule has 0 bridgehead atoms. The van der Waals surface area contributed by atoms with E-state index in [1.54, 1.807) is 0 Å². The summed E-state index contributed by atoms with van der Waals surface area (Å²) in [5.41, 5.74) is 3.49. The Bertz CT molecular complexity index is 926. The fourth-order valence-corrected chi connectivity index (χ4v) is 4.33. The summed E-state index contributed by atoms with van der Waals surface area (Å²) in [4.78, 5) is 23.5. The van der Waals surface area contributed by atoms with Gasteiger partial charge >= 0.3 is 0 Å². The Morgan fingerprint density at radius 1 is 1.20 bits per heavy atom. The van der Waals surface area contributed by atoms with Crippen molar-refractivity contribution in [2.45, 2.75) is 25.9 Å². The Hall–Kier alpha value is -2.18. The van der Waals surface area contributed by atoms with Crippen LogP contribution in [0.5, 0.6) is 0 Å². The zero-order chi connectivity index (χ0) is 17.2. The quantitative estimate of drug-likeness (QED) is 0.734. The number of thiophene rings is 1.